The van der Waals surface area contributed by atoms with Crippen LogP contribution in [0.15, 0.2) is 66.8 Å². The van der Waals surface area contributed by atoms with Crippen LogP contribution in [-0.4, -0.2) is 9.97 Å². The smallest absolute Gasteiger partial charge is 0.119 e. The van der Waals surface area contributed by atoms with Gasteiger partial charge in [0, 0.05) is 34.2 Å². The minimum absolute atomic E-state index is 0.164. The quantitative estimate of drug-likeness (QED) is 0.647. The first kappa shape index (κ1) is 13.0. The number of nitrogens with one attached hydrogen (secondary N) is 1. The molecule has 3 aromatic rings. The summed E-state index contributed by atoms with van der Waals surface area (Å²) in [5, 5.41) is 2.29. The predicted octanol–water partition coefficient (Wildman–Crippen LogP) is 5.30. The molecule has 2 nitrogen and oxygen atoms in total. The maximum Gasteiger partial charge on any atom is 0.119 e. The van der Waals surface area contributed by atoms with Gasteiger partial charge in [-0.2, -0.15) is 0 Å². The standard InChI is InChI=1S/C19H15FN2/c20-15-4-2-1-3-13(5-7-15)14-6-8-16-17-12-21-10-9-18(17)22-19(16)11-14/h3-12,22H,1-2H2/b7-5?,13-3-,15-4?. The van der Waals surface area contributed by atoms with Crippen molar-refractivity contribution in [2.45, 2.75) is 12.8 Å². The SMILES string of the molecule is FC1=CCC/C=C(\c2ccc3c(c2)[nH]c2ccncc23)C=C1. The Balaban J connectivity index is 1.84. The number of hydrogen-bond donors (Lipinski definition) is 1. The van der Waals surface area contributed by atoms with Gasteiger partial charge < -0.3 is 4.98 Å². The molecule has 1 N–H and O–H groups in total. The molecule has 2 aromatic heterocycles. The molecule has 1 aliphatic carbocycles. The van der Waals surface area contributed by atoms with Crippen LogP contribution in [-0.2, 0) is 0 Å². The van der Waals surface area contributed by atoms with E-state index in [4.69, 9.17) is 0 Å². The minimum Gasteiger partial charge on any atom is -0.354 e. The van der Waals surface area contributed by atoms with Crippen molar-refractivity contribution >= 4 is 27.4 Å². The molecular weight excluding hydrogens is 275 g/mol. The lowest BCUT2D eigenvalue weighted by molar-refractivity contribution is 0.659. The average Bonchev–Trinajstić information content (AvgIpc) is 2.89. The maximum atomic E-state index is 13.4. The van der Waals surface area contributed by atoms with E-state index in [0.29, 0.717) is 0 Å². The van der Waals surface area contributed by atoms with Crippen LogP contribution in [0, 0.1) is 0 Å². The number of aromatic amines is 1. The third kappa shape index (κ3) is 2.25. The highest BCUT2D eigenvalue weighted by Gasteiger charge is 2.07. The van der Waals surface area contributed by atoms with Gasteiger partial charge in [-0.15, -0.1) is 0 Å². The van der Waals surface area contributed by atoms with Gasteiger partial charge in [0.05, 0.1) is 0 Å². The molecule has 1 aromatic carbocycles. The summed E-state index contributed by atoms with van der Waals surface area (Å²) in [6.45, 7) is 0. The van der Waals surface area contributed by atoms with Crippen molar-refractivity contribution in [3.63, 3.8) is 0 Å². The molecule has 0 unspecified atom stereocenters. The molecule has 2 heterocycles. The molecule has 0 spiro atoms. The fourth-order valence-corrected chi connectivity index (χ4v) is 2.90. The summed E-state index contributed by atoms with van der Waals surface area (Å²) in [5.74, 6) is -0.164. The molecule has 0 bridgehead atoms. The van der Waals surface area contributed by atoms with Crippen molar-refractivity contribution in [2.75, 3.05) is 0 Å². The zero-order chi connectivity index (χ0) is 14.9. The molecule has 0 saturated heterocycles. The van der Waals surface area contributed by atoms with Gasteiger partial charge in [0.1, 0.15) is 5.83 Å². The average molecular weight is 290 g/mol. The summed E-state index contributed by atoms with van der Waals surface area (Å²) >= 11 is 0. The number of fused-ring (bicyclic) bond motifs is 3. The Labute approximate surface area is 127 Å². The van der Waals surface area contributed by atoms with Crippen molar-refractivity contribution in [1.29, 1.82) is 0 Å². The first-order valence-corrected chi connectivity index (χ1v) is 7.41. The molecule has 0 atom stereocenters. The second-order valence-electron chi connectivity index (χ2n) is 5.47. The van der Waals surface area contributed by atoms with Crippen molar-refractivity contribution in [3.05, 3.63) is 72.4 Å². The zero-order valence-corrected chi connectivity index (χ0v) is 12.0. The largest absolute Gasteiger partial charge is 0.354 e. The summed E-state index contributed by atoms with van der Waals surface area (Å²) in [7, 11) is 0. The molecule has 0 amide bonds. The summed E-state index contributed by atoms with van der Waals surface area (Å²) in [6.07, 6.45) is 12.4. The monoisotopic (exact) mass is 290 g/mol. The van der Waals surface area contributed by atoms with Crippen LogP contribution in [0.2, 0.25) is 0 Å². The Kier molecular flexibility index (Phi) is 3.11. The Morgan fingerprint density at radius 2 is 1.86 bits per heavy atom. The van der Waals surface area contributed by atoms with E-state index in [2.05, 4.69) is 34.2 Å². The summed E-state index contributed by atoms with van der Waals surface area (Å²) in [4.78, 5) is 7.61. The van der Waals surface area contributed by atoms with Gasteiger partial charge >= 0.3 is 0 Å². The van der Waals surface area contributed by atoms with Gasteiger partial charge in [-0.25, -0.2) is 4.39 Å². The van der Waals surface area contributed by atoms with E-state index in [9.17, 15) is 4.39 Å². The van der Waals surface area contributed by atoms with E-state index in [-0.39, 0.29) is 5.83 Å². The Morgan fingerprint density at radius 1 is 0.955 bits per heavy atom. The third-order valence-electron chi connectivity index (χ3n) is 4.03. The minimum atomic E-state index is -0.164. The van der Waals surface area contributed by atoms with Gasteiger partial charge in [0.15, 0.2) is 0 Å². The Hall–Kier alpha value is -2.68. The molecule has 22 heavy (non-hydrogen) atoms. The second-order valence-corrected chi connectivity index (χ2v) is 5.47. The highest BCUT2D eigenvalue weighted by atomic mass is 19.1. The predicted molar refractivity (Wildman–Crippen MR) is 89.1 cm³/mol. The van der Waals surface area contributed by atoms with Crippen LogP contribution in [0.25, 0.3) is 27.4 Å². The molecule has 0 saturated carbocycles. The van der Waals surface area contributed by atoms with Crippen LogP contribution >= 0.6 is 0 Å². The molecule has 1 aliphatic rings. The van der Waals surface area contributed by atoms with Gasteiger partial charge in [0.25, 0.3) is 0 Å². The van der Waals surface area contributed by atoms with Gasteiger partial charge in [-0.3, -0.25) is 4.98 Å². The number of hydrogen-bond acceptors (Lipinski definition) is 1. The molecule has 0 fully saturated rings. The maximum absolute atomic E-state index is 13.4. The van der Waals surface area contributed by atoms with Crippen molar-refractivity contribution < 1.29 is 4.39 Å². The summed E-state index contributed by atoms with van der Waals surface area (Å²) in [6, 6.07) is 8.28. The van der Waals surface area contributed by atoms with E-state index < -0.39 is 0 Å². The summed E-state index contributed by atoms with van der Waals surface area (Å²) in [5.41, 5.74) is 4.31. The number of H-pyrrole nitrogens is 1. The first-order chi connectivity index (χ1) is 10.8. The van der Waals surface area contributed by atoms with Crippen molar-refractivity contribution in [3.8, 4) is 0 Å². The van der Waals surface area contributed by atoms with Gasteiger partial charge in [-0.05, 0) is 48.3 Å². The first-order valence-electron chi connectivity index (χ1n) is 7.41. The molecule has 4 rings (SSSR count). The normalized spacial score (nSPS) is 17.9. The number of rotatable bonds is 1. The number of aromatic nitrogens is 2. The molecule has 0 aliphatic heterocycles. The van der Waals surface area contributed by atoms with E-state index >= 15 is 0 Å². The van der Waals surface area contributed by atoms with E-state index in [0.717, 1.165) is 45.8 Å². The van der Waals surface area contributed by atoms with Crippen LogP contribution in [0.5, 0.6) is 0 Å². The van der Waals surface area contributed by atoms with Crippen LogP contribution in [0.1, 0.15) is 18.4 Å². The number of nitrogens with zero attached hydrogens (tertiary/aromatic N) is 1. The summed E-state index contributed by atoms with van der Waals surface area (Å²) < 4.78 is 13.4. The molecular formula is C19H15FN2. The number of halogens is 1. The lowest BCUT2D eigenvalue weighted by Gasteiger charge is -2.05. The third-order valence-corrected chi connectivity index (χ3v) is 4.03. The zero-order valence-electron chi connectivity index (χ0n) is 12.0. The molecule has 108 valence electrons. The highest BCUT2D eigenvalue weighted by molar-refractivity contribution is 6.07. The van der Waals surface area contributed by atoms with Crippen molar-refractivity contribution in [2.24, 2.45) is 0 Å². The number of benzene rings is 1. The van der Waals surface area contributed by atoms with E-state index in [1.807, 2.05) is 18.3 Å². The molecule has 3 heteroatoms. The van der Waals surface area contributed by atoms with Gasteiger partial charge in [-0.1, -0.05) is 24.3 Å². The van der Waals surface area contributed by atoms with E-state index in [1.165, 1.54) is 6.08 Å². The lowest BCUT2D eigenvalue weighted by Crippen LogP contribution is -1.85. The Bertz CT molecular complexity index is 944. The number of pyridine rings is 1. The number of allylic oxidation sites excluding steroid dienone is 6. The topological polar surface area (TPSA) is 28.7 Å². The van der Waals surface area contributed by atoms with E-state index in [1.54, 1.807) is 12.3 Å². The highest BCUT2D eigenvalue weighted by Crippen LogP contribution is 2.28. The fraction of sp³-hybridized carbons (Fsp3) is 0.105. The van der Waals surface area contributed by atoms with Gasteiger partial charge in [0.2, 0.25) is 0 Å². The van der Waals surface area contributed by atoms with Crippen LogP contribution < -0.4 is 0 Å². The van der Waals surface area contributed by atoms with Crippen molar-refractivity contribution in [1.82, 2.24) is 9.97 Å². The van der Waals surface area contributed by atoms with Crippen LogP contribution in [0.3, 0.4) is 0 Å². The van der Waals surface area contributed by atoms with Crippen LogP contribution in [0.4, 0.5) is 4.39 Å². The molecule has 0 radical (unpaired) electrons. The Morgan fingerprint density at radius 3 is 2.82 bits per heavy atom. The lowest BCUT2D eigenvalue weighted by atomic mass is 10.0. The second kappa shape index (κ2) is 5.26. The fourth-order valence-electron chi connectivity index (χ4n) is 2.90.